The Labute approximate surface area is 147 Å². The minimum atomic E-state index is -0.265. The highest BCUT2D eigenvalue weighted by Gasteiger charge is 2.05. The molecule has 1 aromatic carbocycles. The van der Waals surface area contributed by atoms with Gasteiger partial charge in [-0.15, -0.1) is 10.2 Å². The zero-order valence-electron chi connectivity index (χ0n) is 14.7. The summed E-state index contributed by atoms with van der Waals surface area (Å²) in [4.78, 5) is 6.28. The van der Waals surface area contributed by atoms with E-state index in [0.717, 1.165) is 31.9 Å². The van der Waals surface area contributed by atoms with E-state index in [2.05, 4.69) is 20.5 Å². The molecule has 0 amide bonds. The van der Waals surface area contributed by atoms with Crippen LogP contribution in [0.3, 0.4) is 0 Å². The largest absolute Gasteiger partial charge is 0.492 e. The lowest BCUT2D eigenvalue weighted by Gasteiger charge is -2.22. The number of guanidine groups is 1. The Morgan fingerprint density at radius 2 is 1.96 bits per heavy atom. The van der Waals surface area contributed by atoms with Gasteiger partial charge in [-0.1, -0.05) is 0 Å². The second kappa shape index (κ2) is 10.3. The number of hydrogen-bond acceptors (Lipinski definition) is 4. The number of ether oxygens (including phenoxy) is 1. The Hall–Kier alpha value is -2.64. The van der Waals surface area contributed by atoms with Gasteiger partial charge >= 0.3 is 0 Å². The van der Waals surface area contributed by atoms with Crippen molar-refractivity contribution < 1.29 is 9.13 Å². The predicted octanol–water partition coefficient (Wildman–Crippen LogP) is 1.78. The van der Waals surface area contributed by atoms with Crippen molar-refractivity contribution >= 4 is 5.96 Å². The van der Waals surface area contributed by atoms with Crippen LogP contribution in [-0.2, 0) is 6.54 Å². The number of nitrogens with zero attached hydrogens (tertiary/aromatic N) is 5. The summed E-state index contributed by atoms with van der Waals surface area (Å²) in [6.07, 6.45) is 5.51. The van der Waals surface area contributed by atoms with E-state index in [0.29, 0.717) is 18.9 Å². The molecule has 7 nitrogen and oxygen atoms in total. The Morgan fingerprint density at radius 1 is 1.24 bits per heavy atom. The molecule has 0 unspecified atom stereocenters. The first kappa shape index (κ1) is 18.7. The number of nitrogens with one attached hydrogen (secondary N) is 1. The first-order valence-electron chi connectivity index (χ1n) is 8.31. The number of aliphatic imine (C=N–C) groups is 1. The third kappa shape index (κ3) is 6.78. The van der Waals surface area contributed by atoms with E-state index in [4.69, 9.17) is 4.74 Å². The van der Waals surface area contributed by atoms with Crippen LogP contribution in [0, 0.1) is 5.82 Å². The maximum Gasteiger partial charge on any atom is 0.193 e. The molecule has 1 aromatic heterocycles. The lowest BCUT2D eigenvalue weighted by atomic mass is 10.3. The monoisotopic (exact) mass is 348 g/mol. The van der Waals surface area contributed by atoms with Gasteiger partial charge in [0.25, 0.3) is 0 Å². The summed E-state index contributed by atoms with van der Waals surface area (Å²) >= 11 is 0. The molecule has 0 atom stereocenters. The maximum atomic E-state index is 12.8. The van der Waals surface area contributed by atoms with Gasteiger partial charge in [0.2, 0.25) is 0 Å². The van der Waals surface area contributed by atoms with Crippen LogP contribution in [0.4, 0.5) is 4.39 Å². The normalized spacial score (nSPS) is 11.4. The van der Waals surface area contributed by atoms with Gasteiger partial charge in [-0.05, 0) is 37.1 Å². The van der Waals surface area contributed by atoms with Crippen LogP contribution in [0.1, 0.15) is 12.8 Å². The van der Waals surface area contributed by atoms with Gasteiger partial charge < -0.3 is 19.5 Å². The molecule has 0 radical (unpaired) electrons. The summed E-state index contributed by atoms with van der Waals surface area (Å²) in [6, 6.07) is 6.02. The highest BCUT2D eigenvalue weighted by molar-refractivity contribution is 5.79. The fourth-order valence-corrected chi connectivity index (χ4v) is 2.28. The van der Waals surface area contributed by atoms with Gasteiger partial charge in [0.1, 0.15) is 30.8 Å². The quantitative estimate of drug-likeness (QED) is 0.425. The second-order valence-electron chi connectivity index (χ2n) is 5.60. The van der Waals surface area contributed by atoms with E-state index in [1.807, 2.05) is 16.5 Å². The van der Waals surface area contributed by atoms with Crippen molar-refractivity contribution in [3.63, 3.8) is 0 Å². The number of likely N-dealkylation sites (N-methyl/N-ethyl adjacent to an activating group) is 1. The third-order valence-corrected chi connectivity index (χ3v) is 3.68. The van der Waals surface area contributed by atoms with Crippen LogP contribution in [0.5, 0.6) is 5.75 Å². The number of aromatic nitrogens is 3. The first-order valence-corrected chi connectivity index (χ1v) is 8.31. The maximum absolute atomic E-state index is 12.8. The van der Waals surface area contributed by atoms with Crippen molar-refractivity contribution in [3.8, 4) is 5.75 Å². The van der Waals surface area contributed by atoms with E-state index in [9.17, 15) is 4.39 Å². The number of rotatable bonds is 9. The van der Waals surface area contributed by atoms with E-state index in [1.54, 1.807) is 31.8 Å². The summed E-state index contributed by atoms with van der Waals surface area (Å²) in [5.74, 6) is 1.22. The number of hydrogen-bond donors (Lipinski definition) is 1. The van der Waals surface area contributed by atoms with E-state index in [-0.39, 0.29) is 5.82 Å². The summed E-state index contributed by atoms with van der Waals surface area (Å²) < 4.78 is 20.4. The SMILES string of the molecule is CN=C(NCCCCn1cnnc1)N(C)CCOc1ccc(F)cc1. The van der Waals surface area contributed by atoms with Crippen molar-refractivity contribution in [1.29, 1.82) is 0 Å². The first-order chi connectivity index (χ1) is 12.2. The van der Waals surface area contributed by atoms with Crippen LogP contribution in [-0.4, -0.2) is 59.4 Å². The molecule has 1 N–H and O–H groups in total. The zero-order chi connectivity index (χ0) is 17.9. The van der Waals surface area contributed by atoms with Gasteiger partial charge in [-0.3, -0.25) is 4.99 Å². The molecule has 0 spiro atoms. The van der Waals surface area contributed by atoms with Crippen LogP contribution < -0.4 is 10.1 Å². The van der Waals surface area contributed by atoms with Crippen LogP contribution in [0.15, 0.2) is 41.9 Å². The molecule has 0 aliphatic carbocycles. The molecular formula is C17H25FN6O. The van der Waals surface area contributed by atoms with E-state index in [1.165, 1.54) is 12.1 Å². The lowest BCUT2D eigenvalue weighted by Crippen LogP contribution is -2.41. The minimum absolute atomic E-state index is 0.265. The molecule has 2 rings (SSSR count). The predicted molar refractivity (Wildman–Crippen MR) is 95.1 cm³/mol. The van der Waals surface area contributed by atoms with Gasteiger partial charge in [0, 0.05) is 27.2 Å². The fraction of sp³-hybridized carbons (Fsp3) is 0.471. The van der Waals surface area contributed by atoms with Crippen molar-refractivity contribution in [1.82, 2.24) is 25.0 Å². The molecule has 0 saturated carbocycles. The van der Waals surface area contributed by atoms with Crippen molar-refractivity contribution in [2.75, 3.05) is 33.8 Å². The molecule has 0 fully saturated rings. The summed E-state index contributed by atoms with van der Waals surface area (Å²) in [7, 11) is 3.72. The van der Waals surface area contributed by atoms with Crippen molar-refractivity contribution in [2.24, 2.45) is 4.99 Å². The zero-order valence-corrected chi connectivity index (χ0v) is 14.7. The van der Waals surface area contributed by atoms with E-state index >= 15 is 0 Å². The minimum Gasteiger partial charge on any atom is -0.492 e. The molecule has 2 aromatic rings. The van der Waals surface area contributed by atoms with E-state index < -0.39 is 0 Å². The Morgan fingerprint density at radius 3 is 2.64 bits per heavy atom. The average molecular weight is 348 g/mol. The van der Waals surface area contributed by atoms with Crippen LogP contribution in [0.25, 0.3) is 0 Å². The molecule has 0 bridgehead atoms. The molecule has 1 heterocycles. The molecule has 25 heavy (non-hydrogen) atoms. The highest BCUT2D eigenvalue weighted by Crippen LogP contribution is 2.10. The van der Waals surface area contributed by atoms with Crippen LogP contribution in [0.2, 0.25) is 0 Å². The standard InChI is InChI=1S/C17H25FN6O/c1-19-17(20-9-3-4-10-24-13-21-22-14-24)23(2)11-12-25-16-7-5-15(18)6-8-16/h5-8,13-14H,3-4,9-12H2,1-2H3,(H,19,20). The Bertz CT molecular complexity index is 629. The van der Waals surface area contributed by atoms with Gasteiger partial charge in [0.05, 0.1) is 6.54 Å². The lowest BCUT2D eigenvalue weighted by molar-refractivity contribution is 0.281. The van der Waals surface area contributed by atoms with Gasteiger partial charge in [-0.2, -0.15) is 0 Å². The second-order valence-corrected chi connectivity index (χ2v) is 5.60. The Kier molecular flexibility index (Phi) is 7.68. The molecule has 136 valence electrons. The van der Waals surface area contributed by atoms with Gasteiger partial charge in [-0.25, -0.2) is 4.39 Å². The third-order valence-electron chi connectivity index (χ3n) is 3.68. The number of aryl methyl sites for hydroxylation is 1. The molecule has 8 heteroatoms. The smallest absolute Gasteiger partial charge is 0.193 e. The van der Waals surface area contributed by atoms with Crippen LogP contribution >= 0.6 is 0 Å². The van der Waals surface area contributed by atoms with Crippen molar-refractivity contribution in [2.45, 2.75) is 19.4 Å². The number of benzene rings is 1. The summed E-state index contributed by atoms with van der Waals surface area (Å²) in [5.41, 5.74) is 0. The average Bonchev–Trinajstić information content (AvgIpc) is 3.13. The number of unbranched alkanes of at least 4 members (excludes halogenated alkanes) is 1. The van der Waals surface area contributed by atoms with Crippen molar-refractivity contribution in [3.05, 3.63) is 42.7 Å². The number of halogens is 1. The molecule has 0 saturated heterocycles. The topological polar surface area (TPSA) is 67.6 Å². The highest BCUT2D eigenvalue weighted by atomic mass is 19.1. The molecule has 0 aliphatic heterocycles. The summed E-state index contributed by atoms with van der Waals surface area (Å²) in [5, 5.41) is 10.9. The fourth-order valence-electron chi connectivity index (χ4n) is 2.28. The Balaban J connectivity index is 1.61. The van der Waals surface area contributed by atoms with Gasteiger partial charge in [0.15, 0.2) is 5.96 Å². The molecular weight excluding hydrogens is 323 g/mol. The molecule has 0 aliphatic rings. The summed E-state index contributed by atoms with van der Waals surface area (Å²) in [6.45, 7) is 2.93.